The first-order valence-corrected chi connectivity index (χ1v) is 11.5. The minimum atomic E-state index is 0.885. The summed E-state index contributed by atoms with van der Waals surface area (Å²) in [4.78, 5) is 0. The van der Waals surface area contributed by atoms with Crippen LogP contribution in [0.1, 0.15) is 131 Å². The van der Waals surface area contributed by atoms with Gasteiger partial charge in [-0.25, -0.2) is 0 Å². The van der Waals surface area contributed by atoms with E-state index in [0.29, 0.717) is 0 Å². The van der Waals surface area contributed by atoms with E-state index in [1.54, 1.807) is 0 Å². The van der Waals surface area contributed by atoms with Gasteiger partial charge in [0.05, 0.1) is 0 Å². The minimum Gasteiger partial charge on any atom is -0.0651 e. The van der Waals surface area contributed by atoms with Crippen molar-refractivity contribution in [2.75, 3.05) is 0 Å². The fraction of sp³-hybridized carbons (Fsp3) is 1.00. The smallest absolute Gasteiger partial charge is 0.0414 e. The normalized spacial score (nSPS) is 14.5. The summed E-state index contributed by atoms with van der Waals surface area (Å²) in [6.45, 7) is 14.2. The Kier molecular flexibility index (Phi) is 16.5. The van der Waals surface area contributed by atoms with E-state index in [4.69, 9.17) is 0 Å². The molecule has 0 rings (SSSR count). The van der Waals surface area contributed by atoms with Crippen LogP contribution in [-0.2, 0) is 0 Å². The molecule has 0 aromatic heterocycles. The average molecular weight is 339 g/mol. The molecule has 0 saturated heterocycles. The molecule has 0 spiro atoms. The maximum atomic E-state index is 2.42. The van der Waals surface area contributed by atoms with Crippen LogP contribution >= 0.6 is 0 Å². The molecule has 0 radical (unpaired) electrons. The Morgan fingerprint density at radius 2 is 0.958 bits per heavy atom. The van der Waals surface area contributed by atoms with E-state index in [9.17, 15) is 0 Å². The van der Waals surface area contributed by atoms with Gasteiger partial charge in [0.15, 0.2) is 0 Å². The van der Waals surface area contributed by atoms with Gasteiger partial charge in [0.1, 0.15) is 0 Å². The molecule has 0 nitrogen and oxygen atoms in total. The highest BCUT2D eigenvalue weighted by atomic mass is 14.2. The van der Waals surface area contributed by atoms with Gasteiger partial charge in [0.2, 0.25) is 0 Å². The van der Waals surface area contributed by atoms with Crippen LogP contribution in [0.5, 0.6) is 0 Å². The second-order valence-corrected chi connectivity index (χ2v) is 8.96. The molecule has 146 valence electrons. The molecular formula is C24H50. The first-order valence-electron chi connectivity index (χ1n) is 11.5. The third kappa shape index (κ3) is 14.4. The third-order valence-corrected chi connectivity index (χ3v) is 6.29. The number of rotatable bonds is 17. The summed E-state index contributed by atoms with van der Waals surface area (Å²) in [5.74, 6) is 3.82. The van der Waals surface area contributed by atoms with E-state index in [1.165, 1.54) is 89.9 Å². The zero-order chi connectivity index (χ0) is 18.2. The summed E-state index contributed by atoms with van der Waals surface area (Å²) in [5, 5.41) is 0. The largest absolute Gasteiger partial charge is 0.0651 e. The highest BCUT2D eigenvalue weighted by Crippen LogP contribution is 2.27. The molecule has 2 atom stereocenters. The molecule has 0 N–H and O–H groups in total. The van der Waals surface area contributed by atoms with Gasteiger partial charge in [-0.1, -0.05) is 131 Å². The SMILES string of the molecule is CCC(C)CCCCC(CCCCCC(C)C)CCC(CC)CC. The lowest BCUT2D eigenvalue weighted by Crippen LogP contribution is -2.06. The zero-order valence-corrected chi connectivity index (χ0v) is 18.2. The third-order valence-electron chi connectivity index (χ3n) is 6.29. The highest BCUT2D eigenvalue weighted by molar-refractivity contribution is 4.65. The summed E-state index contributed by atoms with van der Waals surface area (Å²) in [5.41, 5.74) is 0. The second-order valence-electron chi connectivity index (χ2n) is 8.96. The van der Waals surface area contributed by atoms with Crippen molar-refractivity contribution in [1.82, 2.24) is 0 Å². The Hall–Kier alpha value is 0. The molecule has 0 heteroatoms. The van der Waals surface area contributed by atoms with Crippen LogP contribution in [0.3, 0.4) is 0 Å². The molecule has 0 bridgehead atoms. The first kappa shape index (κ1) is 24.0. The molecule has 24 heavy (non-hydrogen) atoms. The standard InChI is InChI=1S/C24H50/c1-7-22(6)16-13-14-18-24(20-19-23(8-2)9-3)17-12-10-11-15-21(4)5/h21-24H,7-20H2,1-6H3. The van der Waals surface area contributed by atoms with E-state index in [1.807, 2.05) is 0 Å². The molecule has 0 aliphatic rings. The minimum absolute atomic E-state index is 0.885. The quantitative estimate of drug-likeness (QED) is 0.232. The summed E-state index contributed by atoms with van der Waals surface area (Å²) >= 11 is 0. The van der Waals surface area contributed by atoms with Gasteiger partial charge >= 0.3 is 0 Å². The molecule has 0 aliphatic carbocycles. The molecular weight excluding hydrogens is 288 g/mol. The monoisotopic (exact) mass is 338 g/mol. The second kappa shape index (κ2) is 16.5. The van der Waals surface area contributed by atoms with Gasteiger partial charge in [-0.2, -0.15) is 0 Å². The van der Waals surface area contributed by atoms with Crippen molar-refractivity contribution < 1.29 is 0 Å². The van der Waals surface area contributed by atoms with Crippen molar-refractivity contribution in [2.45, 2.75) is 131 Å². The molecule has 0 fully saturated rings. The Balaban J connectivity index is 4.03. The lowest BCUT2D eigenvalue weighted by atomic mass is 9.86. The van der Waals surface area contributed by atoms with E-state index < -0.39 is 0 Å². The average Bonchev–Trinajstić information content (AvgIpc) is 2.57. The molecule has 0 aromatic rings. The maximum Gasteiger partial charge on any atom is -0.0414 e. The number of hydrogen-bond donors (Lipinski definition) is 0. The topological polar surface area (TPSA) is 0 Å². The maximum absolute atomic E-state index is 2.42. The molecule has 0 aliphatic heterocycles. The Labute approximate surface area is 155 Å². The van der Waals surface area contributed by atoms with Gasteiger partial charge in [-0.05, 0) is 23.7 Å². The van der Waals surface area contributed by atoms with Gasteiger partial charge in [-0.3, -0.25) is 0 Å². The van der Waals surface area contributed by atoms with Gasteiger partial charge < -0.3 is 0 Å². The summed E-state index contributed by atoms with van der Waals surface area (Å²) in [6.07, 6.45) is 20.3. The zero-order valence-electron chi connectivity index (χ0n) is 18.2. The highest BCUT2D eigenvalue weighted by Gasteiger charge is 2.12. The summed E-state index contributed by atoms with van der Waals surface area (Å²) in [7, 11) is 0. The molecule has 0 heterocycles. The van der Waals surface area contributed by atoms with Crippen molar-refractivity contribution in [3.05, 3.63) is 0 Å². The summed E-state index contributed by atoms with van der Waals surface area (Å²) < 4.78 is 0. The molecule has 0 saturated carbocycles. The van der Waals surface area contributed by atoms with Gasteiger partial charge in [0, 0.05) is 0 Å². The Morgan fingerprint density at radius 1 is 0.458 bits per heavy atom. The first-order chi connectivity index (χ1) is 11.5. The fourth-order valence-corrected chi connectivity index (χ4v) is 3.89. The van der Waals surface area contributed by atoms with E-state index in [2.05, 4.69) is 41.5 Å². The van der Waals surface area contributed by atoms with Gasteiger partial charge in [-0.15, -0.1) is 0 Å². The van der Waals surface area contributed by atoms with Crippen molar-refractivity contribution in [1.29, 1.82) is 0 Å². The van der Waals surface area contributed by atoms with Crippen molar-refractivity contribution in [2.24, 2.45) is 23.7 Å². The predicted octanol–water partition coefficient (Wildman–Crippen LogP) is 9.03. The molecule has 0 aromatic carbocycles. The van der Waals surface area contributed by atoms with E-state index >= 15 is 0 Å². The van der Waals surface area contributed by atoms with Crippen molar-refractivity contribution in [3.8, 4) is 0 Å². The van der Waals surface area contributed by atoms with Crippen LogP contribution in [0.15, 0.2) is 0 Å². The van der Waals surface area contributed by atoms with Crippen LogP contribution in [0.2, 0.25) is 0 Å². The van der Waals surface area contributed by atoms with Crippen molar-refractivity contribution >= 4 is 0 Å². The van der Waals surface area contributed by atoms with Crippen LogP contribution in [0.25, 0.3) is 0 Å². The molecule has 2 unspecified atom stereocenters. The van der Waals surface area contributed by atoms with Crippen LogP contribution in [0, 0.1) is 23.7 Å². The van der Waals surface area contributed by atoms with Crippen LogP contribution in [-0.4, -0.2) is 0 Å². The Morgan fingerprint density at radius 3 is 1.50 bits per heavy atom. The van der Waals surface area contributed by atoms with E-state index in [0.717, 1.165) is 23.7 Å². The number of unbranched alkanes of at least 4 members (excludes halogenated alkanes) is 3. The van der Waals surface area contributed by atoms with E-state index in [-0.39, 0.29) is 0 Å². The predicted molar refractivity (Wildman–Crippen MR) is 113 cm³/mol. The molecule has 0 amide bonds. The van der Waals surface area contributed by atoms with Gasteiger partial charge in [0.25, 0.3) is 0 Å². The van der Waals surface area contributed by atoms with Crippen molar-refractivity contribution in [3.63, 3.8) is 0 Å². The van der Waals surface area contributed by atoms with Crippen LogP contribution < -0.4 is 0 Å². The Bertz CT molecular complexity index is 238. The lowest BCUT2D eigenvalue weighted by molar-refractivity contribution is 0.325. The fourth-order valence-electron chi connectivity index (χ4n) is 3.89. The van der Waals surface area contributed by atoms with Crippen LogP contribution in [0.4, 0.5) is 0 Å². The summed E-state index contributed by atoms with van der Waals surface area (Å²) in [6, 6.07) is 0. The lowest BCUT2D eigenvalue weighted by Gasteiger charge is -2.20. The number of hydrogen-bond acceptors (Lipinski definition) is 0.